The summed E-state index contributed by atoms with van der Waals surface area (Å²) < 4.78 is 0. The summed E-state index contributed by atoms with van der Waals surface area (Å²) in [5.74, 6) is 0.471. The van der Waals surface area contributed by atoms with Crippen LogP contribution in [-0.2, 0) is 6.42 Å². The molecule has 1 unspecified atom stereocenters. The molecular formula is C12H13NO2. The maximum atomic E-state index is 10.8. The third-order valence-electron chi connectivity index (χ3n) is 2.88. The first-order valence-corrected chi connectivity index (χ1v) is 5.04. The monoisotopic (exact) mass is 203 g/mol. The summed E-state index contributed by atoms with van der Waals surface area (Å²) in [6.45, 7) is 4.13. The van der Waals surface area contributed by atoms with Crippen LogP contribution in [0.4, 0.5) is 5.69 Å². The van der Waals surface area contributed by atoms with Crippen molar-refractivity contribution in [1.82, 2.24) is 0 Å². The van der Waals surface area contributed by atoms with Crippen molar-refractivity contribution in [3.8, 4) is 0 Å². The summed E-state index contributed by atoms with van der Waals surface area (Å²) in [4.78, 5) is 10.5. The third kappa shape index (κ3) is 1.65. The van der Waals surface area contributed by atoms with Crippen molar-refractivity contribution in [3.05, 3.63) is 45.0 Å². The molecule has 1 aliphatic carbocycles. The maximum Gasteiger partial charge on any atom is 0.276 e. The SMILES string of the molecule is Cc1ccc([N+](=O)[O-])c2c1CC(C)C=C2. The Hall–Kier alpha value is -1.64. The minimum Gasteiger partial charge on any atom is -0.258 e. The molecule has 1 aromatic carbocycles. The van der Waals surface area contributed by atoms with Gasteiger partial charge >= 0.3 is 0 Å². The number of nitro groups is 1. The zero-order valence-electron chi connectivity index (χ0n) is 8.86. The summed E-state index contributed by atoms with van der Waals surface area (Å²) in [6.07, 6.45) is 4.82. The summed E-state index contributed by atoms with van der Waals surface area (Å²) in [5.41, 5.74) is 3.28. The Kier molecular flexibility index (Phi) is 2.31. The van der Waals surface area contributed by atoms with E-state index in [9.17, 15) is 10.1 Å². The van der Waals surface area contributed by atoms with Gasteiger partial charge in [-0.05, 0) is 30.4 Å². The van der Waals surface area contributed by atoms with Crippen LogP contribution in [0.3, 0.4) is 0 Å². The highest BCUT2D eigenvalue weighted by molar-refractivity contribution is 5.68. The molecule has 15 heavy (non-hydrogen) atoms. The van der Waals surface area contributed by atoms with E-state index >= 15 is 0 Å². The van der Waals surface area contributed by atoms with Crippen LogP contribution in [0, 0.1) is 23.0 Å². The van der Waals surface area contributed by atoms with Gasteiger partial charge in [0.1, 0.15) is 0 Å². The smallest absolute Gasteiger partial charge is 0.258 e. The summed E-state index contributed by atoms with van der Waals surface area (Å²) >= 11 is 0. The number of fused-ring (bicyclic) bond motifs is 1. The predicted molar refractivity (Wildman–Crippen MR) is 59.7 cm³/mol. The minimum atomic E-state index is -0.307. The van der Waals surface area contributed by atoms with Gasteiger partial charge in [-0.2, -0.15) is 0 Å². The predicted octanol–water partition coefficient (Wildman–Crippen LogP) is 3.11. The molecule has 0 spiro atoms. The molecule has 1 atom stereocenters. The molecule has 78 valence electrons. The van der Waals surface area contributed by atoms with E-state index in [0.29, 0.717) is 5.92 Å². The van der Waals surface area contributed by atoms with Crippen LogP contribution in [0.1, 0.15) is 23.6 Å². The lowest BCUT2D eigenvalue weighted by molar-refractivity contribution is -0.385. The molecule has 0 bridgehead atoms. The van der Waals surface area contributed by atoms with E-state index in [1.165, 1.54) is 0 Å². The highest BCUT2D eigenvalue weighted by atomic mass is 16.6. The van der Waals surface area contributed by atoms with Gasteiger partial charge in [0.2, 0.25) is 0 Å². The van der Waals surface area contributed by atoms with Crippen LogP contribution in [0.5, 0.6) is 0 Å². The van der Waals surface area contributed by atoms with Crippen LogP contribution < -0.4 is 0 Å². The van der Waals surface area contributed by atoms with Gasteiger partial charge in [0.15, 0.2) is 0 Å². The van der Waals surface area contributed by atoms with Gasteiger partial charge in [0.05, 0.1) is 10.5 Å². The Bertz CT molecular complexity index is 449. The molecule has 0 radical (unpaired) electrons. The van der Waals surface area contributed by atoms with Crippen LogP contribution in [0.2, 0.25) is 0 Å². The number of hydrogen-bond donors (Lipinski definition) is 0. The second-order valence-corrected chi connectivity index (χ2v) is 4.09. The number of aryl methyl sites for hydroxylation is 1. The first-order chi connectivity index (χ1) is 7.09. The van der Waals surface area contributed by atoms with Crippen LogP contribution in [-0.4, -0.2) is 4.92 Å². The molecule has 2 rings (SSSR count). The quantitative estimate of drug-likeness (QED) is 0.520. The normalized spacial score (nSPS) is 18.7. The Morgan fingerprint density at radius 1 is 1.47 bits per heavy atom. The molecule has 0 amide bonds. The van der Waals surface area contributed by atoms with Crippen LogP contribution in [0.25, 0.3) is 6.08 Å². The number of nitro benzene ring substituents is 1. The molecule has 0 fully saturated rings. The summed E-state index contributed by atoms with van der Waals surface area (Å²) in [5, 5.41) is 10.8. The average molecular weight is 203 g/mol. The molecule has 0 N–H and O–H groups in total. The Morgan fingerprint density at radius 2 is 2.20 bits per heavy atom. The fourth-order valence-electron chi connectivity index (χ4n) is 2.03. The van der Waals surface area contributed by atoms with Crippen LogP contribution >= 0.6 is 0 Å². The lowest BCUT2D eigenvalue weighted by Gasteiger charge is -2.17. The molecule has 1 aromatic rings. The number of benzene rings is 1. The van der Waals surface area contributed by atoms with Gasteiger partial charge in [-0.3, -0.25) is 10.1 Å². The molecule has 0 heterocycles. The molecular weight excluding hydrogens is 190 g/mol. The van der Waals surface area contributed by atoms with Gasteiger partial charge in [0, 0.05) is 6.07 Å². The summed E-state index contributed by atoms with van der Waals surface area (Å²) in [7, 11) is 0. The van der Waals surface area contributed by atoms with E-state index < -0.39 is 0 Å². The molecule has 0 aromatic heterocycles. The largest absolute Gasteiger partial charge is 0.276 e. The van der Waals surface area contributed by atoms with Crippen molar-refractivity contribution in [1.29, 1.82) is 0 Å². The van der Waals surface area contributed by atoms with Gasteiger partial charge in [-0.15, -0.1) is 0 Å². The molecule has 3 nitrogen and oxygen atoms in total. The van der Waals surface area contributed by atoms with Gasteiger partial charge in [-0.25, -0.2) is 0 Å². The van der Waals surface area contributed by atoms with Crippen molar-refractivity contribution < 1.29 is 4.92 Å². The summed E-state index contributed by atoms with van der Waals surface area (Å²) in [6, 6.07) is 3.43. The second kappa shape index (κ2) is 3.50. The van der Waals surface area contributed by atoms with Crippen molar-refractivity contribution in [2.45, 2.75) is 20.3 Å². The number of allylic oxidation sites excluding steroid dienone is 1. The first kappa shape index (κ1) is 9.90. The number of hydrogen-bond acceptors (Lipinski definition) is 2. The molecule has 1 aliphatic rings. The molecule has 3 heteroatoms. The van der Waals surface area contributed by atoms with Crippen LogP contribution in [0.15, 0.2) is 18.2 Å². The zero-order chi connectivity index (χ0) is 11.0. The average Bonchev–Trinajstić information content (AvgIpc) is 2.19. The third-order valence-corrected chi connectivity index (χ3v) is 2.88. The van der Waals surface area contributed by atoms with E-state index in [1.54, 1.807) is 6.07 Å². The Labute approximate surface area is 88.6 Å². The lowest BCUT2D eigenvalue weighted by atomic mass is 9.87. The number of rotatable bonds is 1. The van der Waals surface area contributed by atoms with E-state index in [4.69, 9.17) is 0 Å². The topological polar surface area (TPSA) is 43.1 Å². The molecule has 0 saturated carbocycles. The highest BCUT2D eigenvalue weighted by Crippen LogP contribution is 2.32. The fraction of sp³-hybridized carbons (Fsp3) is 0.333. The zero-order valence-corrected chi connectivity index (χ0v) is 8.86. The van der Waals surface area contributed by atoms with E-state index in [-0.39, 0.29) is 10.6 Å². The van der Waals surface area contributed by atoms with Crippen molar-refractivity contribution in [2.75, 3.05) is 0 Å². The van der Waals surface area contributed by atoms with Gasteiger partial charge < -0.3 is 0 Å². The highest BCUT2D eigenvalue weighted by Gasteiger charge is 2.20. The molecule has 0 saturated heterocycles. The fourth-order valence-corrected chi connectivity index (χ4v) is 2.03. The number of nitrogens with zero attached hydrogens (tertiary/aromatic N) is 1. The second-order valence-electron chi connectivity index (χ2n) is 4.09. The minimum absolute atomic E-state index is 0.221. The standard InChI is InChI=1S/C12H13NO2/c1-8-3-5-10-11(7-8)9(2)4-6-12(10)13(14)15/h3-6,8H,7H2,1-2H3. The van der Waals surface area contributed by atoms with E-state index in [2.05, 4.69) is 6.92 Å². The Balaban J connectivity index is 2.63. The van der Waals surface area contributed by atoms with Gasteiger partial charge in [0.25, 0.3) is 5.69 Å². The molecule has 0 aliphatic heterocycles. The maximum absolute atomic E-state index is 10.8. The lowest BCUT2D eigenvalue weighted by Crippen LogP contribution is -2.07. The Morgan fingerprint density at radius 3 is 2.87 bits per heavy atom. The van der Waals surface area contributed by atoms with Crippen molar-refractivity contribution in [2.24, 2.45) is 5.92 Å². The van der Waals surface area contributed by atoms with Gasteiger partial charge in [-0.1, -0.05) is 25.1 Å². The first-order valence-electron chi connectivity index (χ1n) is 5.04. The van der Waals surface area contributed by atoms with Crippen molar-refractivity contribution in [3.63, 3.8) is 0 Å². The van der Waals surface area contributed by atoms with Crippen molar-refractivity contribution >= 4 is 11.8 Å². The van der Waals surface area contributed by atoms with E-state index in [0.717, 1.165) is 23.1 Å². The van der Waals surface area contributed by atoms with E-state index in [1.807, 2.05) is 25.1 Å².